The van der Waals surface area contributed by atoms with Crippen LogP contribution in [0.2, 0.25) is 0 Å². The topological polar surface area (TPSA) is 71.2 Å². The molecule has 21 heavy (non-hydrogen) atoms. The van der Waals surface area contributed by atoms with Gasteiger partial charge in [-0.25, -0.2) is 4.98 Å². The van der Waals surface area contributed by atoms with Gasteiger partial charge >= 0.3 is 0 Å². The van der Waals surface area contributed by atoms with Crippen LogP contribution in [0, 0.1) is 6.92 Å². The van der Waals surface area contributed by atoms with Crippen molar-refractivity contribution >= 4 is 16.9 Å². The standard InChI is InChI=1S/C15H22N4O2/c1-10(2)19(6-5-7-20)15(21)12-8-13-11(3)17-18(4)14(13)16-9-12/h8-10,20H,5-7H2,1-4H3. The molecule has 0 aliphatic rings. The highest BCUT2D eigenvalue weighted by atomic mass is 16.3. The molecule has 2 heterocycles. The van der Waals surface area contributed by atoms with Gasteiger partial charge in [-0.3, -0.25) is 9.48 Å². The summed E-state index contributed by atoms with van der Waals surface area (Å²) < 4.78 is 1.71. The molecule has 114 valence electrons. The summed E-state index contributed by atoms with van der Waals surface area (Å²) in [4.78, 5) is 18.7. The fourth-order valence-corrected chi connectivity index (χ4v) is 2.43. The molecule has 0 saturated heterocycles. The van der Waals surface area contributed by atoms with Crippen molar-refractivity contribution in [3.8, 4) is 0 Å². The van der Waals surface area contributed by atoms with Crippen LogP contribution in [0.1, 0.15) is 36.3 Å². The van der Waals surface area contributed by atoms with Crippen LogP contribution < -0.4 is 0 Å². The van der Waals surface area contributed by atoms with Gasteiger partial charge in [0.05, 0.1) is 11.3 Å². The van der Waals surface area contributed by atoms with Crippen molar-refractivity contribution in [2.75, 3.05) is 13.2 Å². The van der Waals surface area contributed by atoms with Gasteiger partial charge in [0.2, 0.25) is 0 Å². The van der Waals surface area contributed by atoms with Crippen molar-refractivity contribution in [2.24, 2.45) is 7.05 Å². The fraction of sp³-hybridized carbons (Fsp3) is 0.533. The van der Waals surface area contributed by atoms with Crippen LogP contribution in [0.3, 0.4) is 0 Å². The molecule has 0 aliphatic heterocycles. The van der Waals surface area contributed by atoms with Gasteiger partial charge in [0.1, 0.15) is 0 Å². The number of aromatic nitrogens is 3. The normalized spacial score (nSPS) is 11.3. The molecule has 2 aromatic heterocycles. The molecule has 0 atom stereocenters. The third-order valence-electron chi connectivity index (χ3n) is 3.55. The number of carbonyl (C=O) groups is 1. The van der Waals surface area contributed by atoms with Gasteiger partial charge in [-0.15, -0.1) is 0 Å². The predicted octanol–water partition coefficient (Wildman–Crippen LogP) is 1.51. The highest BCUT2D eigenvalue weighted by Gasteiger charge is 2.20. The number of amides is 1. The molecule has 0 fully saturated rings. The van der Waals surface area contributed by atoms with E-state index in [1.165, 1.54) is 0 Å². The van der Waals surface area contributed by atoms with E-state index in [9.17, 15) is 4.79 Å². The summed E-state index contributed by atoms with van der Waals surface area (Å²) in [6, 6.07) is 1.93. The van der Waals surface area contributed by atoms with Crippen LogP contribution in [0.25, 0.3) is 11.0 Å². The summed E-state index contributed by atoms with van der Waals surface area (Å²) >= 11 is 0. The summed E-state index contributed by atoms with van der Waals surface area (Å²) in [5, 5.41) is 14.2. The molecule has 1 amide bonds. The SMILES string of the molecule is Cc1nn(C)c2ncc(C(=O)N(CCCO)C(C)C)cc12. The molecule has 0 radical (unpaired) electrons. The van der Waals surface area contributed by atoms with Crippen molar-refractivity contribution in [3.63, 3.8) is 0 Å². The van der Waals surface area contributed by atoms with Gasteiger partial charge in [-0.05, 0) is 33.3 Å². The number of aryl methyl sites for hydroxylation is 2. The first-order chi connectivity index (χ1) is 9.95. The minimum absolute atomic E-state index is 0.0592. The van der Waals surface area contributed by atoms with Crippen LogP contribution in [-0.2, 0) is 7.05 Å². The summed E-state index contributed by atoms with van der Waals surface area (Å²) in [5.74, 6) is -0.0592. The lowest BCUT2D eigenvalue weighted by Gasteiger charge is -2.26. The van der Waals surface area contributed by atoms with Crippen molar-refractivity contribution in [1.82, 2.24) is 19.7 Å². The molecular formula is C15H22N4O2. The lowest BCUT2D eigenvalue weighted by Crippen LogP contribution is -2.38. The van der Waals surface area contributed by atoms with E-state index in [1.807, 2.05) is 33.9 Å². The first kappa shape index (κ1) is 15.4. The van der Waals surface area contributed by atoms with E-state index >= 15 is 0 Å². The zero-order valence-corrected chi connectivity index (χ0v) is 13.0. The first-order valence-electron chi connectivity index (χ1n) is 7.17. The Balaban J connectivity index is 2.35. The Bertz CT molecular complexity index is 648. The lowest BCUT2D eigenvalue weighted by atomic mass is 10.1. The summed E-state index contributed by atoms with van der Waals surface area (Å²) in [6.45, 7) is 6.46. The maximum Gasteiger partial charge on any atom is 0.255 e. The van der Waals surface area contributed by atoms with E-state index in [0.717, 1.165) is 16.7 Å². The Hall–Kier alpha value is -1.95. The van der Waals surface area contributed by atoms with Crippen molar-refractivity contribution in [1.29, 1.82) is 0 Å². The molecule has 0 unspecified atom stereocenters. The average Bonchev–Trinajstić information content (AvgIpc) is 2.73. The van der Waals surface area contributed by atoms with E-state index in [2.05, 4.69) is 10.1 Å². The monoisotopic (exact) mass is 290 g/mol. The highest BCUT2D eigenvalue weighted by molar-refractivity contribution is 5.97. The molecule has 0 aliphatic carbocycles. The molecule has 2 aromatic rings. The number of fused-ring (bicyclic) bond motifs is 1. The first-order valence-corrected chi connectivity index (χ1v) is 7.17. The van der Waals surface area contributed by atoms with Crippen LogP contribution >= 0.6 is 0 Å². The van der Waals surface area contributed by atoms with Gasteiger partial charge < -0.3 is 10.0 Å². The van der Waals surface area contributed by atoms with E-state index in [4.69, 9.17) is 5.11 Å². The lowest BCUT2D eigenvalue weighted by molar-refractivity contribution is 0.0693. The minimum Gasteiger partial charge on any atom is -0.396 e. The number of pyridine rings is 1. The summed E-state index contributed by atoms with van der Waals surface area (Å²) in [7, 11) is 1.84. The molecular weight excluding hydrogens is 268 g/mol. The zero-order chi connectivity index (χ0) is 15.6. The van der Waals surface area contributed by atoms with Crippen LogP contribution in [-0.4, -0.2) is 49.9 Å². The molecule has 0 saturated carbocycles. The number of hydrogen-bond donors (Lipinski definition) is 1. The van der Waals surface area contributed by atoms with Gasteiger partial charge in [0, 0.05) is 37.8 Å². The van der Waals surface area contributed by atoms with Crippen LogP contribution in [0.15, 0.2) is 12.3 Å². The van der Waals surface area contributed by atoms with Gasteiger partial charge in [0.25, 0.3) is 5.91 Å². The van der Waals surface area contributed by atoms with Crippen molar-refractivity contribution in [3.05, 3.63) is 23.5 Å². The van der Waals surface area contributed by atoms with Crippen molar-refractivity contribution in [2.45, 2.75) is 33.2 Å². The number of nitrogens with zero attached hydrogens (tertiary/aromatic N) is 4. The molecule has 0 spiro atoms. The number of aliphatic hydroxyl groups excluding tert-OH is 1. The second kappa shape index (κ2) is 6.22. The van der Waals surface area contributed by atoms with Gasteiger partial charge in [-0.1, -0.05) is 0 Å². The van der Waals surface area contributed by atoms with Gasteiger partial charge in [0.15, 0.2) is 5.65 Å². The zero-order valence-electron chi connectivity index (χ0n) is 13.0. The smallest absolute Gasteiger partial charge is 0.255 e. The minimum atomic E-state index is -0.0592. The maximum atomic E-state index is 12.6. The molecule has 2 rings (SSSR count). The largest absolute Gasteiger partial charge is 0.396 e. The van der Waals surface area contributed by atoms with E-state index in [-0.39, 0.29) is 18.6 Å². The molecule has 1 N–H and O–H groups in total. The Kier molecular flexibility index (Phi) is 4.57. The quantitative estimate of drug-likeness (QED) is 0.906. The van der Waals surface area contributed by atoms with Crippen LogP contribution in [0.4, 0.5) is 0 Å². The van der Waals surface area contributed by atoms with E-state index < -0.39 is 0 Å². The summed E-state index contributed by atoms with van der Waals surface area (Å²) in [5.41, 5.74) is 2.20. The Morgan fingerprint density at radius 3 is 2.81 bits per heavy atom. The van der Waals surface area contributed by atoms with Crippen molar-refractivity contribution < 1.29 is 9.90 Å². The Morgan fingerprint density at radius 2 is 2.19 bits per heavy atom. The molecule has 0 aromatic carbocycles. The summed E-state index contributed by atoms with van der Waals surface area (Å²) in [6.07, 6.45) is 2.17. The van der Waals surface area contributed by atoms with E-state index in [1.54, 1.807) is 15.8 Å². The van der Waals surface area contributed by atoms with Crippen LogP contribution in [0.5, 0.6) is 0 Å². The average molecular weight is 290 g/mol. The highest BCUT2D eigenvalue weighted by Crippen LogP contribution is 2.18. The predicted molar refractivity (Wildman–Crippen MR) is 81.1 cm³/mol. The third-order valence-corrected chi connectivity index (χ3v) is 3.55. The maximum absolute atomic E-state index is 12.6. The fourth-order valence-electron chi connectivity index (χ4n) is 2.43. The number of hydrogen-bond acceptors (Lipinski definition) is 4. The number of rotatable bonds is 5. The number of aliphatic hydroxyl groups is 1. The third kappa shape index (κ3) is 3.05. The second-order valence-corrected chi connectivity index (χ2v) is 5.47. The second-order valence-electron chi connectivity index (χ2n) is 5.47. The number of carbonyl (C=O) groups excluding carboxylic acids is 1. The Morgan fingerprint density at radius 1 is 1.48 bits per heavy atom. The molecule has 6 heteroatoms. The Labute approximate surface area is 124 Å². The van der Waals surface area contributed by atoms with Gasteiger partial charge in [-0.2, -0.15) is 5.10 Å². The molecule has 6 nitrogen and oxygen atoms in total. The van der Waals surface area contributed by atoms with E-state index in [0.29, 0.717) is 18.5 Å². The molecule has 0 bridgehead atoms.